The molecule has 37 heavy (non-hydrogen) atoms. The van der Waals surface area contributed by atoms with Crippen LogP contribution in [0.25, 0.3) is 6.08 Å². The molecule has 0 aliphatic carbocycles. The molecule has 194 valence electrons. The zero-order valence-electron chi connectivity index (χ0n) is 22.5. The van der Waals surface area contributed by atoms with Crippen molar-refractivity contribution in [3.05, 3.63) is 96.2 Å². The van der Waals surface area contributed by atoms with Crippen LogP contribution in [0.5, 0.6) is 5.75 Å². The maximum atomic E-state index is 13.9. The minimum Gasteiger partial charge on any atom is -0.491 e. The largest absolute Gasteiger partial charge is 0.491 e. The molecule has 1 atom stereocenters. The first-order valence-electron chi connectivity index (χ1n) is 12.6. The average molecular weight is 519 g/mol. The van der Waals surface area contributed by atoms with Crippen LogP contribution in [0, 0.1) is 0 Å². The Balaban J connectivity index is 1.92. The summed E-state index contributed by atoms with van der Waals surface area (Å²) in [7, 11) is 0. The first-order valence-corrected chi connectivity index (χ1v) is 13.4. The second-order valence-corrected chi connectivity index (χ2v) is 11.4. The molecule has 0 fully saturated rings. The Labute approximate surface area is 221 Å². The van der Waals surface area contributed by atoms with Crippen LogP contribution >= 0.6 is 11.3 Å². The highest BCUT2D eigenvalue weighted by atomic mass is 32.1. The van der Waals surface area contributed by atoms with E-state index in [1.165, 1.54) is 16.9 Å². The van der Waals surface area contributed by atoms with Crippen LogP contribution in [0.3, 0.4) is 0 Å². The number of carbonyl (C=O) groups excluding carboxylic acids is 1. The molecule has 0 N–H and O–H groups in total. The van der Waals surface area contributed by atoms with Crippen LogP contribution in [0.15, 0.2) is 69.6 Å². The highest BCUT2D eigenvalue weighted by Crippen LogP contribution is 2.36. The second-order valence-electron chi connectivity index (χ2n) is 10.4. The Morgan fingerprint density at radius 2 is 1.81 bits per heavy atom. The topological polar surface area (TPSA) is 69.9 Å². The highest BCUT2D eigenvalue weighted by molar-refractivity contribution is 7.07. The number of hydrogen-bond donors (Lipinski definition) is 0. The van der Waals surface area contributed by atoms with Crippen molar-refractivity contribution in [2.45, 2.75) is 66.0 Å². The minimum atomic E-state index is -0.712. The zero-order valence-corrected chi connectivity index (χ0v) is 23.3. The molecule has 0 bridgehead atoms. The van der Waals surface area contributed by atoms with Crippen molar-refractivity contribution in [2.75, 3.05) is 6.61 Å². The van der Waals surface area contributed by atoms with Gasteiger partial charge in [0.1, 0.15) is 11.8 Å². The van der Waals surface area contributed by atoms with Crippen LogP contribution in [0.1, 0.15) is 71.2 Å². The van der Waals surface area contributed by atoms with E-state index in [0.717, 1.165) is 11.1 Å². The van der Waals surface area contributed by atoms with Gasteiger partial charge in [0.25, 0.3) is 5.56 Å². The number of ether oxygens (including phenoxy) is 2. The molecule has 0 amide bonds. The Bertz CT molecular complexity index is 1520. The van der Waals surface area contributed by atoms with E-state index < -0.39 is 12.0 Å². The van der Waals surface area contributed by atoms with Gasteiger partial charge in [0.05, 0.1) is 28.5 Å². The quantitative estimate of drug-likeness (QED) is 0.436. The van der Waals surface area contributed by atoms with E-state index in [9.17, 15) is 9.59 Å². The fourth-order valence-electron chi connectivity index (χ4n) is 4.38. The maximum absolute atomic E-state index is 13.9. The number of fused-ring (bicyclic) bond motifs is 1. The summed E-state index contributed by atoms with van der Waals surface area (Å²) in [4.78, 5) is 32.2. The van der Waals surface area contributed by atoms with Gasteiger partial charge in [-0.2, -0.15) is 0 Å². The van der Waals surface area contributed by atoms with Gasteiger partial charge in [0, 0.05) is 5.56 Å². The molecule has 0 saturated carbocycles. The van der Waals surface area contributed by atoms with Gasteiger partial charge in [0.2, 0.25) is 0 Å². The van der Waals surface area contributed by atoms with Crippen LogP contribution < -0.4 is 19.6 Å². The van der Waals surface area contributed by atoms with Gasteiger partial charge >= 0.3 is 5.97 Å². The van der Waals surface area contributed by atoms with Crippen molar-refractivity contribution in [1.82, 2.24) is 4.57 Å². The predicted molar refractivity (Wildman–Crippen MR) is 148 cm³/mol. The summed E-state index contributed by atoms with van der Waals surface area (Å²) < 4.78 is 13.6. The van der Waals surface area contributed by atoms with Gasteiger partial charge in [-0.1, -0.05) is 74.6 Å². The minimum absolute atomic E-state index is 0.0460. The number of benzene rings is 2. The zero-order chi connectivity index (χ0) is 26.9. The number of carbonyl (C=O) groups is 1. The molecule has 1 aromatic heterocycles. The molecule has 0 saturated heterocycles. The van der Waals surface area contributed by atoms with Crippen molar-refractivity contribution in [1.29, 1.82) is 0 Å². The SMILES string of the molecule is CCOC(=O)C1=C(C)N=c2s/c(=C/c3ccc(C(C)(C)C)cc3)c(=O)n2[C@@H]1c1ccccc1OC(C)C. The number of hydrogen-bond acceptors (Lipinski definition) is 6. The molecule has 6 nitrogen and oxygen atoms in total. The van der Waals surface area contributed by atoms with Gasteiger partial charge in [-0.25, -0.2) is 9.79 Å². The molecule has 2 heterocycles. The predicted octanol–water partition coefficient (Wildman–Crippen LogP) is 4.88. The van der Waals surface area contributed by atoms with Crippen molar-refractivity contribution in [2.24, 2.45) is 4.99 Å². The van der Waals surface area contributed by atoms with Crippen molar-refractivity contribution in [3.63, 3.8) is 0 Å². The van der Waals surface area contributed by atoms with E-state index in [1.54, 1.807) is 18.4 Å². The fraction of sp³-hybridized carbons (Fsp3) is 0.367. The van der Waals surface area contributed by atoms with Crippen LogP contribution in [0.4, 0.5) is 0 Å². The van der Waals surface area contributed by atoms with E-state index in [-0.39, 0.29) is 23.7 Å². The van der Waals surface area contributed by atoms with E-state index in [2.05, 4.69) is 37.9 Å². The molecular weight excluding hydrogens is 484 g/mol. The first-order chi connectivity index (χ1) is 17.5. The third-order valence-corrected chi connectivity index (χ3v) is 7.15. The van der Waals surface area contributed by atoms with Gasteiger partial charge in [-0.3, -0.25) is 9.36 Å². The Morgan fingerprint density at radius 3 is 2.43 bits per heavy atom. The summed E-state index contributed by atoms with van der Waals surface area (Å²) in [6.45, 7) is 14.2. The van der Waals surface area contributed by atoms with Gasteiger partial charge in [-0.15, -0.1) is 0 Å². The molecule has 1 aliphatic heterocycles. The number of allylic oxidation sites excluding steroid dienone is 1. The van der Waals surface area contributed by atoms with Gasteiger partial charge in [-0.05, 0) is 56.4 Å². The number of nitrogens with zero attached hydrogens (tertiary/aromatic N) is 2. The summed E-state index contributed by atoms with van der Waals surface area (Å²) in [5.74, 6) is 0.131. The normalized spacial score (nSPS) is 16.0. The molecule has 7 heteroatoms. The molecule has 0 unspecified atom stereocenters. The molecule has 2 aromatic carbocycles. The van der Waals surface area contributed by atoms with Crippen molar-refractivity contribution in [3.8, 4) is 5.75 Å². The van der Waals surface area contributed by atoms with Crippen LogP contribution in [-0.4, -0.2) is 23.2 Å². The second kappa shape index (κ2) is 10.5. The summed E-state index contributed by atoms with van der Waals surface area (Å²) in [6, 6.07) is 15.0. The molecule has 1 aliphatic rings. The van der Waals surface area contributed by atoms with E-state index in [0.29, 0.717) is 26.4 Å². The summed E-state index contributed by atoms with van der Waals surface area (Å²) in [6.07, 6.45) is 1.80. The smallest absolute Gasteiger partial charge is 0.338 e. The van der Waals surface area contributed by atoms with Crippen molar-refractivity contribution >= 4 is 23.4 Å². The average Bonchev–Trinajstić information content (AvgIpc) is 3.12. The molecular formula is C30H34N2O4S. The van der Waals surface area contributed by atoms with Gasteiger partial charge < -0.3 is 9.47 Å². The number of esters is 1. The third kappa shape index (κ3) is 5.47. The Morgan fingerprint density at radius 1 is 1.14 bits per heavy atom. The first kappa shape index (κ1) is 26.6. The Hall–Kier alpha value is -3.45. The Kier molecular flexibility index (Phi) is 7.55. The van der Waals surface area contributed by atoms with E-state index >= 15 is 0 Å². The third-order valence-electron chi connectivity index (χ3n) is 6.17. The highest BCUT2D eigenvalue weighted by Gasteiger charge is 2.35. The molecule has 4 rings (SSSR count). The van der Waals surface area contributed by atoms with Crippen LogP contribution in [-0.2, 0) is 14.9 Å². The molecule has 3 aromatic rings. The summed E-state index contributed by atoms with van der Waals surface area (Å²) in [5, 5.41) is 0. The van der Waals surface area contributed by atoms with Gasteiger partial charge in [0.15, 0.2) is 4.80 Å². The van der Waals surface area contributed by atoms with E-state index in [4.69, 9.17) is 9.47 Å². The lowest BCUT2D eigenvalue weighted by atomic mass is 9.87. The number of thiazole rings is 1. The standard InChI is InChI=1S/C30H34N2O4S/c1-8-35-28(34)25-19(4)31-29-32(26(25)22-11-9-10-12-23(22)36-18(2)3)27(33)24(37-29)17-20-13-15-21(16-14-20)30(5,6)7/h9-18,26H,8H2,1-7H3/b24-17+/t26-/m1/s1. The lowest BCUT2D eigenvalue weighted by Crippen LogP contribution is -2.40. The number of rotatable bonds is 6. The summed E-state index contributed by atoms with van der Waals surface area (Å²) >= 11 is 1.32. The lowest BCUT2D eigenvalue weighted by molar-refractivity contribution is -0.139. The fourth-order valence-corrected chi connectivity index (χ4v) is 5.43. The maximum Gasteiger partial charge on any atom is 0.338 e. The number of para-hydroxylation sites is 1. The molecule has 0 radical (unpaired) electrons. The van der Waals surface area contributed by atoms with E-state index in [1.807, 2.05) is 56.3 Å². The molecule has 0 spiro atoms. The number of aromatic nitrogens is 1. The van der Waals surface area contributed by atoms with Crippen molar-refractivity contribution < 1.29 is 14.3 Å². The van der Waals surface area contributed by atoms with Crippen LogP contribution in [0.2, 0.25) is 0 Å². The monoisotopic (exact) mass is 518 g/mol. The summed E-state index contributed by atoms with van der Waals surface area (Å²) in [5.41, 5.74) is 3.59. The lowest BCUT2D eigenvalue weighted by Gasteiger charge is -2.26.